The highest BCUT2D eigenvalue weighted by Crippen LogP contribution is 2.43. The molecular weight excluding hydrogens is 552 g/mol. The first-order chi connectivity index (χ1) is 19.3. The normalized spacial score (nSPS) is 14.7. The number of nitro benzene ring substituents is 1. The third-order valence-electron chi connectivity index (χ3n) is 6.01. The first kappa shape index (κ1) is 28.4. The first-order valence-electron chi connectivity index (χ1n) is 12.0. The van der Waals surface area contributed by atoms with Gasteiger partial charge in [-0.2, -0.15) is 5.26 Å². The highest BCUT2D eigenvalue weighted by molar-refractivity contribution is 8.03. The van der Waals surface area contributed by atoms with Crippen LogP contribution in [-0.2, 0) is 20.9 Å². The molecule has 11 heteroatoms. The minimum absolute atomic E-state index is 0.0573. The number of halogens is 1. The van der Waals surface area contributed by atoms with Crippen LogP contribution in [0, 0.1) is 21.4 Å². The number of ether oxygens (including phenoxy) is 1. The lowest BCUT2D eigenvalue weighted by molar-refractivity contribution is -0.384. The number of hydrogen-bond acceptors (Lipinski definition) is 8. The summed E-state index contributed by atoms with van der Waals surface area (Å²) in [6.07, 6.45) is 0. The molecule has 0 saturated heterocycles. The van der Waals surface area contributed by atoms with Crippen LogP contribution in [0.1, 0.15) is 24.0 Å². The second-order valence-electron chi connectivity index (χ2n) is 8.68. The van der Waals surface area contributed by atoms with Gasteiger partial charge in [0.2, 0.25) is 5.91 Å². The molecule has 40 heavy (non-hydrogen) atoms. The number of amides is 1. The number of nitro groups is 1. The van der Waals surface area contributed by atoms with Crippen molar-refractivity contribution in [2.24, 2.45) is 0 Å². The molecule has 0 bridgehead atoms. The Hall–Kier alpha value is -4.59. The van der Waals surface area contributed by atoms with E-state index in [9.17, 15) is 25.0 Å². The van der Waals surface area contributed by atoms with E-state index in [1.807, 2.05) is 30.3 Å². The van der Waals surface area contributed by atoms with Gasteiger partial charge >= 0.3 is 5.97 Å². The molecule has 0 fully saturated rings. The number of dihydropyridines is 1. The van der Waals surface area contributed by atoms with E-state index in [0.717, 1.165) is 17.3 Å². The zero-order chi connectivity index (χ0) is 28.6. The summed E-state index contributed by atoms with van der Waals surface area (Å²) in [5, 5.41) is 27.6. The highest BCUT2D eigenvalue weighted by atomic mass is 35.5. The van der Waals surface area contributed by atoms with E-state index in [2.05, 4.69) is 16.7 Å². The predicted molar refractivity (Wildman–Crippen MR) is 153 cm³/mol. The van der Waals surface area contributed by atoms with Crippen molar-refractivity contribution in [2.45, 2.75) is 19.4 Å². The lowest BCUT2D eigenvalue weighted by Crippen LogP contribution is -2.29. The van der Waals surface area contributed by atoms with Gasteiger partial charge in [-0.15, -0.1) is 0 Å². The predicted octanol–water partition coefficient (Wildman–Crippen LogP) is 6.06. The molecule has 0 spiro atoms. The van der Waals surface area contributed by atoms with Crippen LogP contribution in [-0.4, -0.2) is 22.6 Å². The van der Waals surface area contributed by atoms with Crippen LogP contribution in [0.5, 0.6) is 0 Å². The number of esters is 1. The van der Waals surface area contributed by atoms with Gasteiger partial charge in [-0.3, -0.25) is 14.9 Å². The number of nitrogens with zero attached hydrogens (tertiary/aromatic N) is 2. The summed E-state index contributed by atoms with van der Waals surface area (Å²) in [6, 6.07) is 23.9. The number of anilines is 1. The maximum Gasteiger partial charge on any atom is 0.337 e. The summed E-state index contributed by atoms with van der Waals surface area (Å²) in [7, 11) is 0. The number of hydrogen-bond donors (Lipinski definition) is 2. The van der Waals surface area contributed by atoms with E-state index in [1.165, 1.54) is 24.3 Å². The molecular formula is C29H23ClN4O5S. The summed E-state index contributed by atoms with van der Waals surface area (Å²) in [6.45, 7) is 1.76. The van der Waals surface area contributed by atoms with E-state index >= 15 is 0 Å². The first-order valence-corrected chi connectivity index (χ1v) is 13.4. The average molecular weight is 575 g/mol. The van der Waals surface area contributed by atoms with Crippen molar-refractivity contribution >= 4 is 46.6 Å². The molecule has 3 aromatic rings. The molecule has 9 nitrogen and oxygen atoms in total. The lowest BCUT2D eigenvalue weighted by Gasteiger charge is -2.29. The van der Waals surface area contributed by atoms with Crippen molar-refractivity contribution in [3.8, 4) is 6.07 Å². The summed E-state index contributed by atoms with van der Waals surface area (Å²) in [5.41, 5.74) is 2.63. The number of allylic oxidation sites excluding steroid dienone is 2. The van der Waals surface area contributed by atoms with Gasteiger partial charge < -0.3 is 15.4 Å². The molecule has 0 radical (unpaired) electrons. The molecule has 0 aromatic heterocycles. The van der Waals surface area contributed by atoms with Gasteiger partial charge in [0.1, 0.15) is 6.61 Å². The number of benzene rings is 3. The standard InChI is InChI=1S/C29H23ClN4O5S/c1-18-26(29(36)39-16-19-7-3-2-4-8-19)27(22-9-5-6-10-24(22)30)23(15-31)28(32-18)40-17-25(35)33-20-11-13-21(14-12-20)34(37)38/h2-14,27,32H,16-17H2,1H3,(H,33,35)/t27-/m1/s1. The zero-order valence-electron chi connectivity index (χ0n) is 21.2. The molecule has 1 atom stereocenters. The number of nitriles is 1. The average Bonchev–Trinajstić information content (AvgIpc) is 2.95. The minimum atomic E-state index is -0.816. The fourth-order valence-electron chi connectivity index (χ4n) is 4.12. The molecule has 202 valence electrons. The monoisotopic (exact) mass is 574 g/mol. The largest absolute Gasteiger partial charge is 0.457 e. The van der Waals surface area contributed by atoms with E-state index in [0.29, 0.717) is 27.0 Å². The maximum absolute atomic E-state index is 13.4. The minimum Gasteiger partial charge on any atom is -0.457 e. The van der Waals surface area contributed by atoms with E-state index in [4.69, 9.17) is 16.3 Å². The Morgan fingerprint density at radius 3 is 2.42 bits per heavy atom. The topological polar surface area (TPSA) is 134 Å². The highest BCUT2D eigenvalue weighted by Gasteiger charge is 2.36. The number of carbonyl (C=O) groups is 2. The smallest absolute Gasteiger partial charge is 0.337 e. The Balaban J connectivity index is 1.57. The fraction of sp³-hybridized carbons (Fsp3) is 0.138. The molecule has 1 amide bonds. The molecule has 1 aliphatic heterocycles. The van der Waals surface area contributed by atoms with E-state index < -0.39 is 16.8 Å². The van der Waals surface area contributed by atoms with Crippen LogP contribution in [0.25, 0.3) is 0 Å². The van der Waals surface area contributed by atoms with Gasteiger partial charge in [0, 0.05) is 28.5 Å². The number of carbonyl (C=O) groups excluding carboxylic acids is 2. The Kier molecular flexibility index (Phi) is 9.22. The number of thioether (sulfide) groups is 1. The van der Waals surface area contributed by atoms with Crippen LogP contribution in [0.3, 0.4) is 0 Å². The van der Waals surface area contributed by atoms with E-state index in [-0.39, 0.29) is 35.1 Å². The third kappa shape index (κ3) is 6.69. The van der Waals surface area contributed by atoms with Gasteiger partial charge in [-0.25, -0.2) is 4.79 Å². The van der Waals surface area contributed by atoms with Crippen LogP contribution < -0.4 is 10.6 Å². The van der Waals surface area contributed by atoms with Gasteiger partial charge in [-0.1, -0.05) is 71.9 Å². The third-order valence-corrected chi connectivity index (χ3v) is 7.37. The van der Waals surface area contributed by atoms with Crippen molar-refractivity contribution in [1.29, 1.82) is 5.26 Å². The van der Waals surface area contributed by atoms with Crippen LogP contribution >= 0.6 is 23.4 Å². The van der Waals surface area contributed by atoms with E-state index in [1.54, 1.807) is 31.2 Å². The van der Waals surface area contributed by atoms with Gasteiger partial charge in [-0.05, 0) is 36.2 Å². The van der Waals surface area contributed by atoms with Crippen LogP contribution in [0.2, 0.25) is 5.02 Å². The second kappa shape index (κ2) is 13.0. The molecule has 3 aromatic carbocycles. The Bertz CT molecular complexity index is 1550. The van der Waals surface area contributed by atoms with Crippen molar-refractivity contribution in [3.05, 3.63) is 127 Å². The molecule has 4 rings (SSSR count). The second-order valence-corrected chi connectivity index (χ2v) is 10.1. The van der Waals surface area contributed by atoms with Crippen molar-refractivity contribution in [3.63, 3.8) is 0 Å². The Morgan fingerprint density at radius 2 is 1.77 bits per heavy atom. The summed E-state index contributed by atoms with van der Waals surface area (Å²) >= 11 is 7.62. The summed E-state index contributed by atoms with van der Waals surface area (Å²) < 4.78 is 5.62. The summed E-state index contributed by atoms with van der Waals surface area (Å²) in [4.78, 5) is 36.3. The SMILES string of the molecule is CC1=C(C(=O)OCc2ccccc2)[C@H](c2ccccc2Cl)C(C#N)=C(SCC(=O)Nc2ccc([N+](=O)[O-])cc2)N1. The fourth-order valence-corrected chi connectivity index (χ4v) is 5.26. The maximum atomic E-state index is 13.4. The Labute approximate surface area is 239 Å². The Morgan fingerprint density at radius 1 is 1.10 bits per heavy atom. The van der Waals surface area contributed by atoms with Crippen LogP contribution in [0.4, 0.5) is 11.4 Å². The molecule has 2 N–H and O–H groups in total. The lowest BCUT2D eigenvalue weighted by atomic mass is 9.82. The summed E-state index contributed by atoms with van der Waals surface area (Å²) in [5.74, 6) is -1.86. The molecule has 1 heterocycles. The molecule has 0 saturated carbocycles. The van der Waals surface area contributed by atoms with Gasteiger partial charge in [0.15, 0.2) is 0 Å². The van der Waals surface area contributed by atoms with Gasteiger partial charge in [0.05, 0.1) is 38.8 Å². The number of non-ortho nitro benzene ring substituents is 1. The molecule has 1 aliphatic rings. The zero-order valence-corrected chi connectivity index (χ0v) is 22.8. The van der Waals surface area contributed by atoms with Crippen molar-refractivity contribution in [1.82, 2.24) is 5.32 Å². The number of rotatable bonds is 9. The van der Waals surface area contributed by atoms with Crippen molar-refractivity contribution in [2.75, 3.05) is 11.1 Å². The number of nitrogens with one attached hydrogen (secondary N) is 2. The van der Waals surface area contributed by atoms with Gasteiger partial charge in [0.25, 0.3) is 5.69 Å². The quantitative estimate of drug-likeness (QED) is 0.179. The van der Waals surface area contributed by atoms with Crippen LogP contribution in [0.15, 0.2) is 101 Å². The molecule has 0 aliphatic carbocycles. The van der Waals surface area contributed by atoms with Crippen molar-refractivity contribution < 1.29 is 19.2 Å². The molecule has 0 unspecified atom stereocenters.